The number of nitrogens with zero attached hydrogens (tertiary/aromatic N) is 2. The van der Waals surface area contributed by atoms with E-state index < -0.39 is 28.4 Å². The molecule has 0 aromatic heterocycles. The number of amides is 1. The van der Waals surface area contributed by atoms with Crippen LogP contribution in [0, 0.1) is 6.92 Å². The lowest BCUT2D eigenvalue weighted by Crippen LogP contribution is -2.39. The fraction of sp³-hybridized carbons (Fsp3) is 0.160. The third-order valence-corrected chi connectivity index (χ3v) is 7.60. The summed E-state index contributed by atoms with van der Waals surface area (Å²) in [4.78, 5) is 24.2. The van der Waals surface area contributed by atoms with Gasteiger partial charge in [-0.25, -0.2) is 18.6 Å². The molecule has 0 aliphatic heterocycles. The average Bonchev–Trinajstić information content (AvgIpc) is 2.86. The summed E-state index contributed by atoms with van der Waals surface area (Å²) < 4.78 is 32.4. The number of carbonyl (C=O) groups excluding carboxylic acids is 2. The maximum atomic E-state index is 13.4. The van der Waals surface area contributed by atoms with Crippen LogP contribution in [0.15, 0.2) is 76.7 Å². The molecular formula is C25H23Cl2N3O5S. The first-order valence-electron chi connectivity index (χ1n) is 10.6. The third kappa shape index (κ3) is 7.14. The molecule has 0 unspecified atom stereocenters. The van der Waals surface area contributed by atoms with Gasteiger partial charge in [-0.3, -0.25) is 4.79 Å². The second-order valence-electron chi connectivity index (χ2n) is 7.74. The lowest BCUT2D eigenvalue weighted by molar-refractivity contribution is -0.121. The summed E-state index contributed by atoms with van der Waals surface area (Å²) in [5.74, 6) is -1.11. The molecule has 3 aromatic rings. The van der Waals surface area contributed by atoms with E-state index >= 15 is 0 Å². The highest BCUT2D eigenvalue weighted by atomic mass is 35.5. The summed E-state index contributed by atoms with van der Waals surface area (Å²) in [5.41, 5.74) is 4.78. The predicted molar refractivity (Wildman–Crippen MR) is 139 cm³/mol. The van der Waals surface area contributed by atoms with Crippen molar-refractivity contribution >= 4 is 51.3 Å². The van der Waals surface area contributed by atoms with Gasteiger partial charge in [0.2, 0.25) is 10.0 Å². The van der Waals surface area contributed by atoms with E-state index in [4.69, 9.17) is 23.2 Å². The molecule has 0 radical (unpaired) electrons. The van der Waals surface area contributed by atoms with Crippen LogP contribution < -0.4 is 5.43 Å². The van der Waals surface area contributed by atoms with Gasteiger partial charge in [-0.2, -0.15) is 9.41 Å². The quantitative estimate of drug-likeness (QED) is 0.242. The van der Waals surface area contributed by atoms with Crippen molar-refractivity contribution in [2.75, 3.05) is 13.7 Å². The van der Waals surface area contributed by atoms with Crippen LogP contribution in [-0.2, 0) is 26.1 Å². The SMILES string of the molecule is COC(=O)c1ccc(/C=N/NC(=O)CN(Cc2ccc(Cl)c(Cl)c2)S(=O)(=O)c2ccc(C)cc2)cc1. The van der Waals surface area contributed by atoms with Gasteiger partial charge in [0.1, 0.15) is 0 Å². The number of esters is 1. The van der Waals surface area contributed by atoms with Crippen molar-refractivity contribution in [1.29, 1.82) is 0 Å². The molecule has 0 saturated heterocycles. The van der Waals surface area contributed by atoms with E-state index in [-0.39, 0.29) is 16.5 Å². The molecule has 0 heterocycles. The van der Waals surface area contributed by atoms with Gasteiger partial charge in [-0.05, 0) is 54.4 Å². The molecule has 0 fully saturated rings. The first-order chi connectivity index (χ1) is 17.1. The molecule has 0 aliphatic rings. The van der Waals surface area contributed by atoms with E-state index in [1.807, 2.05) is 6.92 Å². The highest BCUT2D eigenvalue weighted by Gasteiger charge is 2.27. The Kier molecular flexibility index (Phi) is 9.22. The minimum atomic E-state index is -4.03. The predicted octanol–water partition coefficient (Wildman–Crippen LogP) is 4.43. The van der Waals surface area contributed by atoms with Gasteiger partial charge in [0.05, 0.1) is 40.4 Å². The van der Waals surface area contributed by atoms with Gasteiger partial charge in [-0.15, -0.1) is 0 Å². The number of aryl methyl sites for hydroxylation is 1. The minimum Gasteiger partial charge on any atom is -0.465 e. The van der Waals surface area contributed by atoms with Crippen LogP contribution in [0.3, 0.4) is 0 Å². The second kappa shape index (κ2) is 12.1. The summed E-state index contributed by atoms with van der Waals surface area (Å²) >= 11 is 12.1. The Morgan fingerprint density at radius 2 is 1.67 bits per heavy atom. The van der Waals surface area contributed by atoms with Gasteiger partial charge in [-0.1, -0.05) is 59.1 Å². The first kappa shape index (κ1) is 27.3. The smallest absolute Gasteiger partial charge is 0.337 e. The Bertz CT molecular complexity index is 1380. The first-order valence-corrected chi connectivity index (χ1v) is 12.8. The third-order valence-electron chi connectivity index (χ3n) is 5.06. The molecule has 11 heteroatoms. The average molecular weight is 548 g/mol. The number of benzene rings is 3. The Labute approximate surface area is 219 Å². The highest BCUT2D eigenvalue weighted by molar-refractivity contribution is 7.89. The summed E-state index contributed by atoms with van der Waals surface area (Å²) in [7, 11) is -2.74. The second-order valence-corrected chi connectivity index (χ2v) is 10.5. The van der Waals surface area contributed by atoms with Crippen molar-refractivity contribution in [3.63, 3.8) is 0 Å². The number of sulfonamides is 1. The van der Waals surface area contributed by atoms with Crippen LogP contribution in [0.2, 0.25) is 10.0 Å². The van der Waals surface area contributed by atoms with Crippen molar-refractivity contribution in [2.45, 2.75) is 18.4 Å². The van der Waals surface area contributed by atoms with Gasteiger partial charge in [0.15, 0.2) is 0 Å². The lowest BCUT2D eigenvalue weighted by atomic mass is 10.1. The monoisotopic (exact) mass is 547 g/mol. The van der Waals surface area contributed by atoms with E-state index in [1.54, 1.807) is 54.6 Å². The number of carbonyl (C=O) groups is 2. The Morgan fingerprint density at radius 1 is 1.00 bits per heavy atom. The zero-order valence-electron chi connectivity index (χ0n) is 19.4. The van der Waals surface area contributed by atoms with E-state index in [1.165, 1.54) is 25.5 Å². The van der Waals surface area contributed by atoms with Crippen molar-refractivity contribution in [3.05, 3.63) is 99.0 Å². The number of methoxy groups -OCH3 is 1. The highest BCUT2D eigenvalue weighted by Crippen LogP contribution is 2.25. The van der Waals surface area contributed by atoms with E-state index in [2.05, 4.69) is 15.3 Å². The molecule has 3 rings (SSSR count). The van der Waals surface area contributed by atoms with Crippen molar-refractivity contribution < 1.29 is 22.7 Å². The van der Waals surface area contributed by atoms with Crippen LogP contribution in [0.5, 0.6) is 0 Å². The number of rotatable bonds is 9. The number of hydrogen-bond acceptors (Lipinski definition) is 6. The number of hydrazone groups is 1. The van der Waals surface area contributed by atoms with E-state index in [9.17, 15) is 18.0 Å². The normalized spacial score (nSPS) is 11.6. The number of ether oxygens (including phenoxy) is 1. The molecule has 0 atom stereocenters. The minimum absolute atomic E-state index is 0.0511. The Morgan fingerprint density at radius 3 is 2.28 bits per heavy atom. The standard InChI is InChI=1S/C25H23Cl2N3O5S/c1-17-3-10-21(11-4-17)36(33,34)30(15-19-7-12-22(26)23(27)13-19)16-24(31)29-28-14-18-5-8-20(9-6-18)25(32)35-2/h3-14H,15-16H2,1-2H3,(H,29,31)/b28-14+. The summed E-state index contributed by atoms with van der Waals surface area (Å²) in [6, 6.07) is 17.5. The Balaban J connectivity index is 1.77. The van der Waals surface area contributed by atoms with Crippen LogP contribution >= 0.6 is 23.2 Å². The molecule has 1 amide bonds. The number of nitrogens with one attached hydrogen (secondary N) is 1. The van der Waals surface area contributed by atoms with Gasteiger partial charge in [0, 0.05) is 6.54 Å². The van der Waals surface area contributed by atoms with Crippen LogP contribution in [-0.4, -0.2) is 44.5 Å². The van der Waals surface area contributed by atoms with Crippen LogP contribution in [0.4, 0.5) is 0 Å². The van der Waals surface area contributed by atoms with Crippen molar-refractivity contribution in [1.82, 2.24) is 9.73 Å². The van der Waals surface area contributed by atoms with E-state index in [0.717, 1.165) is 9.87 Å². The number of hydrogen-bond donors (Lipinski definition) is 1. The maximum Gasteiger partial charge on any atom is 0.337 e. The van der Waals surface area contributed by atoms with E-state index in [0.29, 0.717) is 21.7 Å². The summed E-state index contributed by atoms with van der Waals surface area (Å²) in [6.45, 7) is 1.24. The lowest BCUT2D eigenvalue weighted by Gasteiger charge is -2.22. The molecule has 0 bridgehead atoms. The van der Waals surface area contributed by atoms with Crippen molar-refractivity contribution in [3.8, 4) is 0 Å². The molecule has 0 aliphatic carbocycles. The molecule has 3 aromatic carbocycles. The molecule has 1 N–H and O–H groups in total. The molecule has 8 nitrogen and oxygen atoms in total. The zero-order chi connectivity index (χ0) is 26.3. The fourth-order valence-electron chi connectivity index (χ4n) is 3.12. The van der Waals surface area contributed by atoms with Gasteiger partial charge in [0.25, 0.3) is 5.91 Å². The largest absolute Gasteiger partial charge is 0.465 e. The van der Waals surface area contributed by atoms with Gasteiger partial charge >= 0.3 is 5.97 Å². The topological polar surface area (TPSA) is 105 Å². The van der Waals surface area contributed by atoms with Crippen molar-refractivity contribution in [2.24, 2.45) is 5.10 Å². The van der Waals surface area contributed by atoms with Crippen LogP contribution in [0.1, 0.15) is 27.0 Å². The van der Waals surface area contributed by atoms with Crippen LogP contribution in [0.25, 0.3) is 0 Å². The Hall–Kier alpha value is -3.24. The summed E-state index contributed by atoms with van der Waals surface area (Å²) in [5, 5.41) is 4.49. The van der Waals surface area contributed by atoms with Gasteiger partial charge < -0.3 is 4.74 Å². The number of halogens is 2. The molecular weight excluding hydrogens is 525 g/mol. The molecule has 0 saturated carbocycles. The molecule has 0 spiro atoms. The molecule has 188 valence electrons. The maximum absolute atomic E-state index is 13.4. The zero-order valence-corrected chi connectivity index (χ0v) is 21.8. The summed E-state index contributed by atoms with van der Waals surface area (Å²) in [6.07, 6.45) is 1.37. The molecule has 36 heavy (non-hydrogen) atoms. The fourth-order valence-corrected chi connectivity index (χ4v) is 4.83.